The molecule has 0 atom stereocenters. The highest BCUT2D eigenvalue weighted by Crippen LogP contribution is 2.21. The number of hydrogen-bond acceptors (Lipinski definition) is 4. The Balaban J connectivity index is 1.86. The van der Waals surface area contributed by atoms with Crippen LogP contribution in [0, 0.1) is 0 Å². The fraction of sp³-hybridized carbons (Fsp3) is 0.240. The van der Waals surface area contributed by atoms with Gasteiger partial charge in [-0.25, -0.2) is 4.99 Å². The normalized spacial score (nSPS) is 10.3. The Kier molecular flexibility index (Phi) is 7.03. The fourth-order valence-corrected chi connectivity index (χ4v) is 3.00. The van der Waals surface area contributed by atoms with Crippen molar-refractivity contribution in [3.05, 3.63) is 72.8 Å². The van der Waals surface area contributed by atoms with Gasteiger partial charge in [-0.2, -0.15) is 0 Å². The largest absolute Gasteiger partial charge is 0.378 e. The summed E-state index contributed by atoms with van der Waals surface area (Å²) in [6.45, 7) is 0. The number of anilines is 5. The molecule has 0 saturated heterocycles. The summed E-state index contributed by atoms with van der Waals surface area (Å²) >= 11 is 0. The van der Waals surface area contributed by atoms with Crippen LogP contribution in [0.3, 0.4) is 0 Å². The van der Waals surface area contributed by atoms with Crippen LogP contribution in [-0.4, -0.2) is 48.2 Å². The van der Waals surface area contributed by atoms with Crippen molar-refractivity contribution in [2.45, 2.75) is 0 Å². The molecule has 0 aliphatic rings. The van der Waals surface area contributed by atoms with Gasteiger partial charge >= 0.3 is 0 Å². The quantitative estimate of drug-likeness (QED) is 0.433. The summed E-state index contributed by atoms with van der Waals surface area (Å²) in [4.78, 5) is 11.1. The van der Waals surface area contributed by atoms with Crippen LogP contribution in [0.15, 0.2) is 77.8 Å². The van der Waals surface area contributed by atoms with E-state index in [0.717, 1.165) is 34.1 Å². The Morgan fingerprint density at radius 1 is 0.516 bits per heavy atom. The predicted octanol–water partition coefficient (Wildman–Crippen LogP) is 5.10. The van der Waals surface area contributed by atoms with Gasteiger partial charge in [-0.15, -0.1) is 0 Å². The first-order chi connectivity index (χ1) is 14.8. The maximum atomic E-state index is 4.82. The number of aliphatic imine (C=N–C) groups is 1. The first-order valence-electron chi connectivity index (χ1n) is 10.3. The van der Waals surface area contributed by atoms with E-state index >= 15 is 0 Å². The highest BCUT2D eigenvalue weighted by Gasteiger charge is 2.05. The zero-order chi connectivity index (χ0) is 22.4. The molecule has 3 rings (SSSR count). The van der Waals surface area contributed by atoms with Gasteiger partial charge in [-0.1, -0.05) is 0 Å². The second kappa shape index (κ2) is 9.89. The second-order valence-corrected chi connectivity index (χ2v) is 8.00. The Bertz CT molecular complexity index is 932. The SMILES string of the molecule is CN(C)c1ccc(N=C(Nc2ccc(N(C)C)cc2)Nc2ccc(N(C)C)cc2)cc1. The van der Waals surface area contributed by atoms with Crippen LogP contribution >= 0.6 is 0 Å². The minimum absolute atomic E-state index is 0.660. The van der Waals surface area contributed by atoms with Crippen molar-refractivity contribution in [1.29, 1.82) is 0 Å². The molecule has 162 valence electrons. The average Bonchev–Trinajstić information content (AvgIpc) is 2.75. The van der Waals surface area contributed by atoms with E-state index in [-0.39, 0.29) is 0 Å². The summed E-state index contributed by atoms with van der Waals surface area (Å²) in [5, 5.41) is 6.83. The lowest BCUT2D eigenvalue weighted by atomic mass is 10.2. The van der Waals surface area contributed by atoms with Crippen molar-refractivity contribution >= 4 is 40.1 Å². The fourth-order valence-electron chi connectivity index (χ4n) is 3.00. The molecule has 3 aromatic carbocycles. The van der Waals surface area contributed by atoms with Gasteiger partial charge in [0.15, 0.2) is 0 Å². The standard InChI is InChI=1S/C25H32N6/c1-29(2)22-13-7-19(8-14-22)26-25(27-20-9-15-23(16-10-20)30(3)4)28-21-11-17-24(18-12-21)31(5)6/h7-18H,1-6H3,(H2,26,27,28). The molecule has 0 saturated carbocycles. The van der Waals surface area contributed by atoms with Crippen molar-refractivity contribution in [3.8, 4) is 0 Å². The molecular formula is C25H32N6. The van der Waals surface area contributed by atoms with E-state index in [1.807, 2.05) is 54.4 Å². The van der Waals surface area contributed by atoms with Gasteiger partial charge in [0.1, 0.15) is 0 Å². The monoisotopic (exact) mass is 416 g/mol. The van der Waals surface area contributed by atoms with Gasteiger partial charge in [0.25, 0.3) is 0 Å². The summed E-state index contributed by atoms with van der Waals surface area (Å²) in [6, 6.07) is 24.7. The Hall–Kier alpha value is -3.67. The van der Waals surface area contributed by atoms with Crippen LogP contribution in [0.2, 0.25) is 0 Å². The van der Waals surface area contributed by atoms with E-state index < -0.39 is 0 Å². The molecular weight excluding hydrogens is 384 g/mol. The molecule has 0 radical (unpaired) electrons. The minimum Gasteiger partial charge on any atom is -0.378 e. The van der Waals surface area contributed by atoms with Gasteiger partial charge in [-0.3, -0.25) is 0 Å². The summed E-state index contributed by atoms with van der Waals surface area (Å²) in [7, 11) is 12.2. The molecule has 0 heterocycles. The van der Waals surface area contributed by atoms with Crippen LogP contribution in [0.5, 0.6) is 0 Å². The Morgan fingerprint density at radius 2 is 0.839 bits per heavy atom. The number of nitrogens with zero attached hydrogens (tertiary/aromatic N) is 4. The van der Waals surface area contributed by atoms with Gasteiger partial charge < -0.3 is 25.3 Å². The van der Waals surface area contributed by atoms with Crippen LogP contribution in [-0.2, 0) is 0 Å². The van der Waals surface area contributed by atoms with Crippen molar-refractivity contribution in [3.63, 3.8) is 0 Å². The van der Waals surface area contributed by atoms with Crippen molar-refractivity contribution < 1.29 is 0 Å². The molecule has 0 fully saturated rings. The second-order valence-electron chi connectivity index (χ2n) is 8.00. The summed E-state index contributed by atoms with van der Waals surface area (Å²) in [5.74, 6) is 0.660. The molecule has 0 amide bonds. The van der Waals surface area contributed by atoms with E-state index in [2.05, 4.69) is 86.0 Å². The number of rotatable bonds is 6. The van der Waals surface area contributed by atoms with Crippen LogP contribution in [0.25, 0.3) is 0 Å². The summed E-state index contributed by atoms with van der Waals surface area (Å²) < 4.78 is 0. The molecule has 2 N–H and O–H groups in total. The third kappa shape index (κ3) is 6.15. The lowest BCUT2D eigenvalue weighted by Crippen LogP contribution is -2.22. The van der Waals surface area contributed by atoms with Crippen molar-refractivity contribution in [1.82, 2.24) is 0 Å². The number of benzene rings is 3. The zero-order valence-electron chi connectivity index (χ0n) is 19.2. The van der Waals surface area contributed by atoms with Gasteiger partial charge in [-0.05, 0) is 72.8 Å². The smallest absolute Gasteiger partial charge is 0.205 e. The first-order valence-corrected chi connectivity index (χ1v) is 10.3. The summed E-state index contributed by atoms with van der Waals surface area (Å²) in [6.07, 6.45) is 0. The number of hydrogen-bond donors (Lipinski definition) is 2. The molecule has 0 unspecified atom stereocenters. The Morgan fingerprint density at radius 3 is 1.16 bits per heavy atom. The van der Waals surface area contributed by atoms with E-state index in [9.17, 15) is 0 Å². The third-order valence-corrected chi connectivity index (χ3v) is 4.90. The van der Waals surface area contributed by atoms with E-state index in [1.54, 1.807) is 0 Å². The highest BCUT2D eigenvalue weighted by molar-refractivity contribution is 6.05. The number of guanidine groups is 1. The molecule has 3 aromatic rings. The van der Waals surface area contributed by atoms with E-state index in [4.69, 9.17) is 4.99 Å². The molecule has 0 aliphatic carbocycles. The van der Waals surface area contributed by atoms with E-state index in [0.29, 0.717) is 5.96 Å². The third-order valence-electron chi connectivity index (χ3n) is 4.90. The topological polar surface area (TPSA) is 46.1 Å². The van der Waals surface area contributed by atoms with Crippen molar-refractivity contribution in [2.75, 3.05) is 67.6 Å². The predicted molar refractivity (Wildman–Crippen MR) is 137 cm³/mol. The average molecular weight is 417 g/mol. The molecule has 0 aliphatic heterocycles. The van der Waals surface area contributed by atoms with Gasteiger partial charge in [0, 0.05) is 70.7 Å². The maximum absolute atomic E-state index is 4.82. The highest BCUT2D eigenvalue weighted by atomic mass is 15.2. The number of nitrogens with one attached hydrogen (secondary N) is 2. The van der Waals surface area contributed by atoms with Crippen molar-refractivity contribution in [2.24, 2.45) is 4.99 Å². The van der Waals surface area contributed by atoms with Crippen LogP contribution < -0.4 is 25.3 Å². The first kappa shape index (κ1) is 22.0. The van der Waals surface area contributed by atoms with Crippen LogP contribution in [0.4, 0.5) is 34.1 Å². The lowest BCUT2D eigenvalue weighted by molar-refractivity contribution is 1.13. The van der Waals surface area contributed by atoms with E-state index in [1.165, 1.54) is 0 Å². The zero-order valence-corrected chi connectivity index (χ0v) is 19.2. The maximum Gasteiger partial charge on any atom is 0.205 e. The molecule has 0 aromatic heterocycles. The molecule has 31 heavy (non-hydrogen) atoms. The summed E-state index contributed by atoms with van der Waals surface area (Å²) in [5.41, 5.74) is 6.24. The molecule has 6 heteroatoms. The minimum atomic E-state index is 0.660. The Labute approximate surface area is 185 Å². The van der Waals surface area contributed by atoms with Gasteiger partial charge in [0.05, 0.1) is 5.69 Å². The molecule has 6 nitrogen and oxygen atoms in total. The van der Waals surface area contributed by atoms with Gasteiger partial charge in [0.2, 0.25) is 5.96 Å². The molecule has 0 bridgehead atoms. The molecule has 0 spiro atoms. The lowest BCUT2D eigenvalue weighted by Gasteiger charge is -2.17. The van der Waals surface area contributed by atoms with Crippen LogP contribution in [0.1, 0.15) is 0 Å².